The van der Waals surface area contributed by atoms with Gasteiger partial charge >= 0.3 is 0 Å². The fraction of sp³-hybridized carbons (Fsp3) is 0.750. The van der Waals surface area contributed by atoms with Gasteiger partial charge in [0, 0.05) is 29.0 Å². The van der Waals surface area contributed by atoms with Crippen LogP contribution in [0.25, 0.3) is 0 Å². The van der Waals surface area contributed by atoms with Crippen molar-refractivity contribution in [3.63, 3.8) is 0 Å². The lowest BCUT2D eigenvalue weighted by atomic mass is 9.34. The quantitative estimate of drug-likeness (QED) is 0.402. The van der Waals surface area contributed by atoms with Crippen molar-refractivity contribution in [2.45, 2.75) is 100 Å². The van der Waals surface area contributed by atoms with E-state index in [9.17, 15) is 22.4 Å². The maximum absolute atomic E-state index is 14.5. The Hall–Kier alpha value is -2.02. The number of nitrogens with zero attached hydrogens (tertiary/aromatic N) is 1. The molecule has 0 aromatic rings. The van der Waals surface area contributed by atoms with Gasteiger partial charge in [-0.05, 0) is 85.9 Å². The minimum absolute atomic E-state index is 0.106. The van der Waals surface area contributed by atoms with Crippen LogP contribution in [0.4, 0.5) is 0 Å². The van der Waals surface area contributed by atoms with Gasteiger partial charge in [0.05, 0.1) is 5.57 Å². The Bertz CT molecular complexity index is 1370. The van der Waals surface area contributed by atoms with E-state index in [1.807, 2.05) is 41.5 Å². The molecular weight excluding hydrogens is 446 g/mol. The molecule has 5 aliphatic carbocycles. The molecule has 3 saturated carbocycles. The third-order valence-corrected chi connectivity index (χ3v) is 11.9. The number of hydrogen-bond acceptors (Lipinski definition) is 4. The Morgan fingerprint density at radius 2 is 1.72 bits per heavy atom. The highest BCUT2D eigenvalue weighted by atomic mass is 16.1. The fourth-order valence-electron chi connectivity index (χ4n) is 9.51. The second kappa shape index (κ2) is 7.30. The number of carbonyl (C=O) groups is 3. The number of Topliss-reactive ketones (excluding diaryl/α,β-unsaturated/α-hetero) is 2. The van der Waals surface area contributed by atoms with E-state index in [2.05, 4.69) is 13.0 Å². The molecule has 0 heterocycles. The van der Waals surface area contributed by atoms with E-state index in [1.54, 1.807) is 12.2 Å². The molecule has 3 fully saturated rings. The van der Waals surface area contributed by atoms with Crippen LogP contribution < -0.4 is 0 Å². The molecular formula is C32H43NO3. The lowest BCUT2D eigenvalue weighted by Crippen LogP contribution is -2.65. The van der Waals surface area contributed by atoms with Crippen molar-refractivity contribution >= 4 is 17.3 Å². The molecule has 0 aliphatic heterocycles. The smallest absolute Gasteiger partial charge is 0.178 e. The largest absolute Gasteiger partial charge is 0.299 e. The molecule has 0 N–H and O–H groups in total. The van der Waals surface area contributed by atoms with E-state index >= 15 is 0 Å². The number of rotatable bonds is 1. The van der Waals surface area contributed by atoms with Gasteiger partial charge in [-0.3, -0.25) is 14.4 Å². The predicted molar refractivity (Wildman–Crippen MR) is 140 cm³/mol. The van der Waals surface area contributed by atoms with Crippen LogP contribution in [-0.2, 0) is 14.4 Å². The van der Waals surface area contributed by atoms with Crippen molar-refractivity contribution in [1.82, 2.24) is 0 Å². The third kappa shape index (κ3) is 2.89. The molecule has 0 aromatic carbocycles. The monoisotopic (exact) mass is 494 g/mol. The summed E-state index contributed by atoms with van der Waals surface area (Å²) in [6, 6.07) is 2.10. The fourth-order valence-corrected chi connectivity index (χ4v) is 9.51. The normalized spacial score (nSPS) is 50.5. The zero-order valence-corrected chi connectivity index (χ0v) is 22.8. The summed E-state index contributed by atoms with van der Waals surface area (Å²) in [6.07, 6.45) is 4.05. The van der Waals surface area contributed by atoms with Gasteiger partial charge in [-0.15, -0.1) is 0 Å². The van der Waals surface area contributed by atoms with Gasteiger partial charge in [0.2, 0.25) is 0 Å². The van der Waals surface area contributed by atoms with Crippen molar-refractivity contribution < 1.29 is 21.2 Å². The van der Waals surface area contributed by atoms with Crippen LogP contribution in [0.5, 0.6) is 0 Å². The van der Waals surface area contributed by atoms with Crippen LogP contribution in [0, 0.1) is 61.6 Å². The highest BCUT2D eigenvalue weighted by Gasteiger charge is 2.70. The van der Waals surface area contributed by atoms with Crippen molar-refractivity contribution in [2.24, 2.45) is 50.2 Å². The first-order valence-corrected chi connectivity index (χ1v) is 13.5. The van der Waals surface area contributed by atoms with Gasteiger partial charge in [-0.2, -0.15) is 5.26 Å². The number of carbonyl (C=O) groups excluding carboxylic acids is 3. The Kier molecular flexibility index (Phi) is 4.06. The van der Waals surface area contributed by atoms with Crippen molar-refractivity contribution in [3.8, 4) is 6.07 Å². The number of ketones is 3. The van der Waals surface area contributed by atoms with Gasteiger partial charge in [0.1, 0.15) is 11.9 Å². The molecule has 0 aromatic heterocycles. The number of fused-ring (bicyclic) bond motifs is 7. The van der Waals surface area contributed by atoms with Crippen LogP contribution in [-0.4, -0.2) is 17.3 Å². The Labute approximate surface area is 224 Å². The summed E-state index contributed by atoms with van der Waals surface area (Å²) in [7, 11) is 0. The standard InChI is InChI=1S/C32H43NO3/c1-19(34)32-13-11-27(2,3)17-21(32)25-22(35)15-24-29(6)16-20(18-33)26(36)28(4,5)23(29)9-10-30(24,7)31(25,8)12-14-32/h15-16,21,23,25H,9-14,17H2,1-8H3/t21-,23-,25-,29-,30+,31+,32+/m0/s1/i1D3,17D2. The van der Waals surface area contributed by atoms with E-state index in [0.717, 1.165) is 5.57 Å². The van der Waals surface area contributed by atoms with Crippen molar-refractivity contribution in [1.29, 1.82) is 5.26 Å². The van der Waals surface area contributed by atoms with Crippen LogP contribution in [0.3, 0.4) is 0 Å². The molecule has 5 aliphatic rings. The first-order chi connectivity index (χ1) is 18.5. The molecule has 0 unspecified atom stereocenters. The summed E-state index contributed by atoms with van der Waals surface area (Å²) in [6.45, 7) is 10.7. The Balaban J connectivity index is 1.77. The predicted octanol–water partition coefficient (Wildman–Crippen LogP) is 6.79. The lowest BCUT2D eigenvalue weighted by Gasteiger charge is -2.69. The zero-order valence-electron chi connectivity index (χ0n) is 27.8. The molecule has 5 rings (SSSR count). The van der Waals surface area contributed by atoms with Crippen molar-refractivity contribution in [2.75, 3.05) is 0 Å². The van der Waals surface area contributed by atoms with Crippen LogP contribution in [0.1, 0.15) is 107 Å². The van der Waals surface area contributed by atoms with E-state index in [0.29, 0.717) is 25.7 Å². The first-order valence-electron chi connectivity index (χ1n) is 16.0. The molecule has 0 spiro atoms. The maximum Gasteiger partial charge on any atom is 0.178 e. The number of nitriles is 1. The van der Waals surface area contributed by atoms with E-state index in [-0.39, 0.29) is 35.9 Å². The maximum atomic E-state index is 14.5. The molecule has 36 heavy (non-hydrogen) atoms. The van der Waals surface area contributed by atoms with Gasteiger partial charge in [0.25, 0.3) is 0 Å². The first kappa shape index (κ1) is 20.0. The summed E-state index contributed by atoms with van der Waals surface area (Å²) < 4.78 is 43.1. The molecule has 194 valence electrons. The lowest BCUT2D eigenvalue weighted by molar-refractivity contribution is -0.176. The number of hydrogen-bond donors (Lipinski definition) is 0. The topological polar surface area (TPSA) is 75.0 Å². The zero-order chi connectivity index (χ0) is 31.0. The molecule has 0 saturated heterocycles. The van der Waals surface area contributed by atoms with Crippen LogP contribution >= 0.6 is 0 Å². The van der Waals surface area contributed by atoms with Crippen LogP contribution in [0.2, 0.25) is 0 Å². The minimum atomic E-state index is -2.89. The molecule has 4 nitrogen and oxygen atoms in total. The summed E-state index contributed by atoms with van der Waals surface area (Å²) >= 11 is 0. The third-order valence-electron chi connectivity index (χ3n) is 11.9. The average molecular weight is 495 g/mol. The highest BCUT2D eigenvalue weighted by molar-refractivity contribution is 6.04. The van der Waals surface area contributed by atoms with Crippen molar-refractivity contribution in [3.05, 3.63) is 23.3 Å². The van der Waals surface area contributed by atoms with Gasteiger partial charge < -0.3 is 0 Å². The highest BCUT2D eigenvalue weighted by Crippen LogP contribution is 2.74. The summed E-state index contributed by atoms with van der Waals surface area (Å²) in [5, 5.41) is 9.89. The van der Waals surface area contributed by atoms with Gasteiger partial charge in [-0.25, -0.2) is 0 Å². The molecule has 7 atom stereocenters. The van der Waals surface area contributed by atoms with Gasteiger partial charge in [-0.1, -0.05) is 60.1 Å². The SMILES string of the molecule is [2H]C([2H])([2H])C(=O)[C@]12CCC(C)(C)C([2H])([2H])[C@H]1[C@H]1C(=O)C=C3[C@@]4(C)C=C(C#N)C(=O)C(C)(C)[C@@H]4CC[C@@]3(C)[C@]1(C)CC2. The van der Waals surface area contributed by atoms with E-state index in [1.165, 1.54) is 0 Å². The van der Waals surface area contributed by atoms with Gasteiger partial charge in [0.15, 0.2) is 11.6 Å². The Morgan fingerprint density at radius 3 is 2.36 bits per heavy atom. The molecule has 0 radical (unpaired) electrons. The second-order valence-corrected chi connectivity index (χ2v) is 14.3. The number of allylic oxidation sites excluding steroid dienone is 4. The van der Waals surface area contributed by atoms with E-state index < -0.39 is 63.3 Å². The van der Waals surface area contributed by atoms with E-state index in [4.69, 9.17) is 4.11 Å². The molecule has 0 amide bonds. The summed E-state index contributed by atoms with van der Waals surface area (Å²) in [4.78, 5) is 41.6. The second-order valence-electron chi connectivity index (χ2n) is 14.3. The summed E-state index contributed by atoms with van der Waals surface area (Å²) in [5.41, 5.74) is -4.18. The average Bonchev–Trinajstić information content (AvgIpc) is 2.85. The minimum Gasteiger partial charge on any atom is -0.299 e. The molecule has 4 heteroatoms. The molecule has 0 bridgehead atoms. The van der Waals surface area contributed by atoms with Crippen LogP contribution in [0.15, 0.2) is 23.3 Å². The Morgan fingerprint density at radius 1 is 1.06 bits per heavy atom. The summed E-state index contributed by atoms with van der Waals surface area (Å²) in [5.74, 6) is -3.42.